The van der Waals surface area contributed by atoms with Gasteiger partial charge in [0.05, 0.1) is 5.41 Å². The Bertz CT molecular complexity index is 967. The Labute approximate surface area is 167 Å². The lowest BCUT2D eigenvalue weighted by atomic mass is 9.94. The number of carbonyl (C=O) groups is 1. The van der Waals surface area contributed by atoms with Gasteiger partial charge in [0.2, 0.25) is 5.91 Å². The molecule has 2 aromatic rings. The van der Waals surface area contributed by atoms with Gasteiger partial charge in [0.1, 0.15) is 5.82 Å². The van der Waals surface area contributed by atoms with Gasteiger partial charge in [0, 0.05) is 22.5 Å². The van der Waals surface area contributed by atoms with Crippen molar-refractivity contribution in [3.63, 3.8) is 0 Å². The van der Waals surface area contributed by atoms with Gasteiger partial charge in [-0.05, 0) is 55.2 Å². The number of nitrogens with zero attached hydrogens (tertiary/aromatic N) is 1. The Hall–Kier alpha value is -2.42. The third-order valence-electron chi connectivity index (χ3n) is 4.56. The number of terminal acetylenes is 1. The Morgan fingerprint density at radius 2 is 2.30 bits per heavy atom. The second kappa shape index (κ2) is 8.08. The third kappa shape index (κ3) is 4.29. The zero-order chi connectivity index (χ0) is 19.4. The standard InChI is InChI=1S/C21H18ClFN2OS/c1-3-5-6-15(4-2)21(9-10-21)19(26)25-20-24-13-17(27-20)11-14-7-8-16(23)12-18(14)22/h1,4-8,12-13H,9-11H2,2H3,(H,24,25,26)/b6-5-,15-4+. The minimum Gasteiger partial charge on any atom is -0.301 e. The van der Waals surface area contributed by atoms with E-state index in [0.717, 1.165) is 28.9 Å². The first kappa shape index (κ1) is 19.3. The quantitative estimate of drug-likeness (QED) is 0.522. The molecule has 1 heterocycles. The van der Waals surface area contributed by atoms with Crippen molar-refractivity contribution >= 4 is 34.0 Å². The van der Waals surface area contributed by atoms with Gasteiger partial charge >= 0.3 is 0 Å². The number of aromatic nitrogens is 1. The summed E-state index contributed by atoms with van der Waals surface area (Å²) in [5, 5.41) is 3.83. The molecule has 1 aliphatic carbocycles. The maximum atomic E-state index is 13.2. The molecule has 27 heavy (non-hydrogen) atoms. The number of hydrogen-bond donors (Lipinski definition) is 1. The summed E-state index contributed by atoms with van der Waals surface area (Å²) in [4.78, 5) is 18.0. The number of amides is 1. The molecule has 1 amide bonds. The fourth-order valence-electron chi connectivity index (χ4n) is 2.96. The smallest absolute Gasteiger partial charge is 0.236 e. The maximum absolute atomic E-state index is 13.2. The highest BCUT2D eigenvalue weighted by Gasteiger charge is 2.51. The van der Waals surface area contributed by atoms with Gasteiger partial charge in [-0.25, -0.2) is 9.37 Å². The summed E-state index contributed by atoms with van der Waals surface area (Å²) in [6.45, 7) is 1.90. The number of carbonyl (C=O) groups excluding carboxylic acids is 1. The van der Waals surface area contributed by atoms with Crippen LogP contribution < -0.4 is 5.32 Å². The van der Waals surface area contributed by atoms with E-state index < -0.39 is 5.41 Å². The van der Waals surface area contributed by atoms with E-state index in [1.807, 2.05) is 19.1 Å². The summed E-state index contributed by atoms with van der Waals surface area (Å²) < 4.78 is 13.2. The van der Waals surface area contributed by atoms with Crippen LogP contribution in [0.2, 0.25) is 5.02 Å². The predicted molar refractivity (Wildman–Crippen MR) is 108 cm³/mol. The van der Waals surface area contributed by atoms with Crippen LogP contribution in [0.1, 0.15) is 30.2 Å². The van der Waals surface area contributed by atoms with Crippen LogP contribution in [0.3, 0.4) is 0 Å². The number of rotatable bonds is 6. The van der Waals surface area contributed by atoms with Gasteiger partial charge < -0.3 is 5.32 Å². The molecule has 0 aliphatic heterocycles. The predicted octanol–water partition coefficient (Wildman–Crippen LogP) is 5.38. The molecular formula is C21H18ClFN2OS. The normalized spacial score (nSPS) is 15.6. The summed E-state index contributed by atoms with van der Waals surface area (Å²) >= 11 is 7.46. The molecule has 3 rings (SSSR count). The monoisotopic (exact) mass is 400 g/mol. The Morgan fingerprint density at radius 1 is 1.52 bits per heavy atom. The highest BCUT2D eigenvalue weighted by molar-refractivity contribution is 7.15. The molecule has 0 spiro atoms. The van der Waals surface area contributed by atoms with E-state index in [0.29, 0.717) is 16.6 Å². The van der Waals surface area contributed by atoms with E-state index in [1.165, 1.54) is 23.5 Å². The van der Waals surface area contributed by atoms with Crippen LogP contribution >= 0.6 is 22.9 Å². The van der Waals surface area contributed by atoms with E-state index in [-0.39, 0.29) is 11.7 Å². The van der Waals surface area contributed by atoms with Crippen molar-refractivity contribution in [2.24, 2.45) is 5.41 Å². The number of allylic oxidation sites excluding steroid dienone is 3. The number of benzene rings is 1. The minimum atomic E-state index is -0.520. The molecule has 0 saturated heterocycles. The van der Waals surface area contributed by atoms with Gasteiger partial charge in [0.15, 0.2) is 5.13 Å². The largest absolute Gasteiger partial charge is 0.301 e. The van der Waals surface area contributed by atoms with Crippen LogP contribution in [0.25, 0.3) is 0 Å². The summed E-state index contributed by atoms with van der Waals surface area (Å²) in [7, 11) is 0. The first-order chi connectivity index (χ1) is 13.0. The fraction of sp³-hybridized carbons (Fsp3) is 0.238. The lowest BCUT2D eigenvalue weighted by molar-refractivity contribution is -0.119. The van der Waals surface area contributed by atoms with Crippen molar-refractivity contribution in [3.8, 4) is 12.3 Å². The molecule has 0 unspecified atom stereocenters. The van der Waals surface area contributed by atoms with Crippen LogP contribution in [0.15, 0.2) is 48.2 Å². The number of hydrogen-bond acceptors (Lipinski definition) is 3. The molecule has 138 valence electrons. The molecular weight excluding hydrogens is 383 g/mol. The van der Waals surface area contributed by atoms with Gasteiger partial charge in [-0.2, -0.15) is 0 Å². The first-order valence-corrected chi connectivity index (χ1v) is 9.67. The molecule has 1 aliphatic rings. The topological polar surface area (TPSA) is 42.0 Å². The third-order valence-corrected chi connectivity index (χ3v) is 5.83. The average Bonchev–Trinajstić information content (AvgIpc) is 3.33. The van der Waals surface area contributed by atoms with Crippen molar-refractivity contribution < 1.29 is 9.18 Å². The second-order valence-corrected chi connectivity index (χ2v) is 7.85. The Morgan fingerprint density at radius 3 is 2.93 bits per heavy atom. The first-order valence-electron chi connectivity index (χ1n) is 8.48. The summed E-state index contributed by atoms with van der Waals surface area (Å²) in [5.74, 6) is 2.02. The van der Waals surface area contributed by atoms with Crippen LogP contribution in [-0.4, -0.2) is 10.9 Å². The summed E-state index contributed by atoms with van der Waals surface area (Å²) in [5.41, 5.74) is 1.22. The zero-order valence-corrected chi connectivity index (χ0v) is 16.3. The molecule has 0 atom stereocenters. The van der Waals surface area contributed by atoms with Crippen molar-refractivity contribution in [3.05, 3.63) is 69.5 Å². The van der Waals surface area contributed by atoms with Gasteiger partial charge in [-0.1, -0.05) is 29.7 Å². The van der Waals surface area contributed by atoms with Crippen LogP contribution in [-0.2, 0) is 11.2 Å². The average molecular weight is 401 g/mol. The molecule has 6 heteroatoms. The summed E-state index contributed by atoms with van der Waals surface area (Å²) in [6, 6.07) is 4.33. The highest BCUT2D eigenvalue weighted by atomic mass is 35.5. The van der Waals surface area contributed by atoms with Crippen LogP contribution in [0.5, 0.6) is 0 Å². The van der Waals surface area contributed by atoms with E-state index in [9.17, 15) is 9.18 Å². The zero-order valence-electron chi connectivity index (χ0n) is 14.8. The summed E-state index contributed by atoms with van der Waals surface area (Å²) in [6.07, 6.45) is 14.4. The SMILES string of the molecule is C#C/C=C\C(=C/C)C1(C(=O)Nc2ncc(Cc3ccc(F)cc3Cl)s2)CC1. The van der Waals surface area contributed by atoms with Crippen molar-refractivity contribution in [2.75, 3.05) is 5.32 Å². The van der Waals surface area contributed by atoms with E-state index in [2.05, 4.69) is 16.2 Å². The van der Waals surface area contributed by atoms with Gasteiger partial charge in [-0.15, -0.1) is 17.8 Å². The molecule has 0 radical (unpaired) electrons. The van der Waals surface area contributed by atoms with Crippen LogP contribution in [0, 0.1) is 23.6 Å². The number of halogens is 2. The number of thiazole rings is 1. The maximum Gasteiger partial charge on any atom is 0.236 e. The van der Waals surface area contributed by atoms with Gasteiger partial charge in [0.25, 0.3) is 0 Å². The van der Waals surface area contributed by atoms with E-state index in [4.69, 9.17) is 18.0 Å². The fourth-order valence-corrected chi connectivity index (χ4v) is 4.02. The molecule has 1 saturated carbocycles. The lowest BCUT2D eigenvalue weighted by Crippen LogP contribution is -2.25. The number of anilines is 1. The van der Waals surface area contributed by atoms with Crippen molar-refractivity contribution in [1.82, 2.24) is 4.98 Å². The number of nitrogens with one attached hydrogen (secondary N) is 1. The Kier molecular flexibility index (Phi) is 5.79. The molecule has 1 aromatic carbocycles. The van der Waals surface area contributed by atoms with E-state index >= 15 is 0 Å². The molecule has 1 fully saturated rings. The second-order valence-electron chi connectivity index (χ2n) is 6.32. The van der Waals surface area contributed by atoms with Crippen molar-refractivity contribution in [1.29, 1.82) is 0 Å². The lowest BCUT2D eigenvalue weighted by Gasteiger charge is -2.15. The molecule has 1 aromatic heterocycles. The van der Waals surface area contributed by atoms with Gasteiger partial charge in [-0.3, -0.25) is 4.79 Å². The Balaban J connectivity index is 1.70. The molecule has 0 bridgehead atoms. The van der Waals surface area contributed by atoms with Crippen LogP contribution in [0.4, 0.5) is 9.52 Å². The molecule has 3 nitrogen and oxygen atoms in total. The highest BCUT2D eigenvalue weighted by Crippen LogP contribution is 2.53. The minimum absolute atomic E-state index is 0.0713. The van der Waals surface area contributed by atoms with Crippen molar-refractivity contribution in [2.45, 2.75) is 26.2 Å². The molecule has 1 N–H and O–H groups in total. The van der Waals surface area contributed by atoms with E-state index in [1.54, 1.807) is 18.3 Å².